The van der Waals surface area contributed by atoms with E-state index >= 15 is 0 Å². The van der Waals surface area contributed by atoms with Gasteiger partial charge in [0.1, 0.15) is 11.6 Å². The summed E-state index contributed by atoms with van der Waals surface area (Å²) in [7, 11) is 4.02. The Morgan fingerprint density at radius 1 is 1.16 bits per heavy atom. The van der Waals surface area contributed by atoms with Crippen molar-refractivity contribution in [3.63, 3.8) is 0 Å². The molecule has 5 rings (SSSR count). The van der Waals surface area contributed by atoms with Gasteiger partial charge >= 0.3 is 6.18 Å². The molecular formula is C27H36F3N5O3. The van der Waals surface area contributed by atoms with Crippen molar-refractivity contribution in [2.45, 2.75) is 63.1 Å². The van der Waals surface area contributed by atoms with Gasteiger partial charge in [0.2, 0.25) is 5.95 Å². The second kappa shape index (κ2) is 10.4. The van der Waals surface area contributed by atoms with Gasteiger partial charge in [0.15, 0.2) is 5.54 Å². The van der Waals surface area contributed by atoms with Crippen molar-refractivity contribution >= 4 is 11.8 Å². The topological polar surface area (TPSA) is 63.1 Å². The predicted molar refractivity (Wildman–Crippen MR) is 139 cm³/mol. The molecule has 8 nitrogen and oxygen atoms in total. The van der Waals surface area contributed by atoms with E-state index in [-0.39, 0.29) is 24.7 Å². The zero-order chi connectivity index (χ0) is 27.1. The number of halogens is 3. The highest BCUT2D eigenvalue weighted by atomic mass is 19.4. The molecule has 0 spiro atoms. The van der Waals surface area contributed by atoms with Crippen LogP contribution in [-0.4, -0.2) is 85.3 Å². The normalized spacial score (nSPS) is 24.8. The lowest BCUT2D eigenvalue weighted by Gasteiger charge is -2.37. The zero-order valence-electron chi connectivity index (χ0n) is 22.2. The van der Waals surface area contributed by atoms with Crippen LogP contribution >= 0.6 is 0 Å². The lowest BCUT2D eigenvalue weighted by molar-refractivity contribution is -0.182. The molecule has 3 aliphatic rings. The number of benzene rings is 1. The van der Waals surface area contributed by atoms with Crippen LogP contribution in [0.25, 0.3) is 0 Å². The molecule has 1 aromatic carbocycles. The number of anilines is 2. The summed E-state index contributed by atoms with van der Waals surface area (Å²) < 4.78 is 56.0. The maximum absolute atomic E-state index is 14.4. The summed E-state index contributed by atoms with van der Waals surface area (Å²) in [4.78, 5) is 23.0. The molecule has 2 saturated heterocycles. The van der Waals surface area contributed by atoms with Gasteiger partial charge in [-0.15, -0.1) is 0 Å². The van der Waals surface area contributed by atoms with Crippen molar-refractivity contribution in [2.75, 3.05) is 56.7 Å². The third-order valence-electron chi connectivity index (χ3n) is 7.82. The first-order valence-corrected chi connectivity index (χ1v) is 13.3. The molecule has 1 aromatic heterocycles. The Kier molecular flexibility index (Phi) is 7.34. The van der Waals surface area contributed by atoms with Crippen LogP contribution in [0.15, 0.2) is 35.1 Å². The molecule has 3 atom stereocenters. The zero-order valence-corrected chi connectivity index (χ0v) is 22.2. The molecule has 0 saturated carbocycles. The maximum atomic E-state index is 14.4. The quantitative estimate of drug-likeness (QED) is 0.457. The molecule has 0 radical (unpaired) electrons. The molecule has 0 amide bonds. The van der Waals surface area contributed by atoms with Gasteiger partial charge < -0.3 is 24.2 Å². The number of alkyl halides is 3. The molecule has 2 bridgehead atoms. The molecule has 2 aromatic rings. The van der Waals surface area contributed by atoms with Crippen LogP contribution in [0.3, 0.4) is 0 Å². The lowest BCUT2D eigenvalue weighted by Crippen LogP contribution is -2.56. The molecule has 208 valence electrons. The number of rotatable bonds is 9. The van der Waals surface area contributed by atoms with E-state index in [0.29, 0.717) is 31.9 Å². The smallest absolute Gasteiger partial charge is 0.413 e. The van der Waals surface area contributed by atoms with Crippen molar-refractivity contribution in [3.05, 3.63) is 46.2 Å². The fourth-order valence-corrected chi connectivity index (χ4v) is 5.57. The Morgan fingerprint density at radius 3 is 2.47 bits per heavy atom. The third-order valence-corrected chi connectivity index (χ3v) is 7.82. The highest BCUT2D eigenvalue weighted by molar-refractivity contribution is 5.50. The minimum atomic E-state index is -4.55. The average molecular weight is 536 g/mol. The first-order valence-electron chi connectivity index (χ1n) is 13.3. The van der Waals surface area contributed by atoms with E-state index in [1.165, 1.54) is 11.0 Å². The van der Waals surface area contributed by atoms with Gasteiger partial charge in [0, 0.05) is 32.2 Å². The largest absolute Gasteiger partial charge is 0.494 e. The minimum Gasteiger partial charge on any atom is -0.494 e. The molecule has 2 unspecified atom stereocenters. The highest BCUT2D eigenvalue weighted by Crippen LogP contribution is 2.43. The summed E-state index contributed by atoms with van der Waals surface area (Å²) >= 11 is 0. The number of hydrogen-bond donors (Lipinski definition) is 0. The van der Waals surface area contributed by atoms with Crippen LogP contribution < -0.4 is 20.1 Å². The van der Waals surface area contributed by atoms with Crippen molar-refractivity contribution in [2.24, 2.45) is 0 Å². The van der Waals surface area contributed by atoms with E-state index in [1.54, 1.807) is 0 Å². The van der Waals surface area contributed by atoms with Crippen molar-refractivity contribution in [1.82, 2.24) is 14.5 Å². The fourth-order valence-electron chi connectivity index (χ4n) is 5.57. The van der Waals surface area contributed by atoms with E-state index in [4.69, 9.17) is 9.47 Å². The van der Waals surface area contributed by atoms with E-state index in [9.17, 15) is 18.0 Å². The lowest BCUT2D eigenvalue weighted by atomic mass is 10.00. The van der Waals surface area contributed by atoms with Gasteiger partial charge in [-0.2, -0.15) is 18.2 Å². The summed E-state index contributed by atoms with van der Waals surface area (Å²) in [6, 6.07) is 8.82. The number of nitrogens with zero attached hydrogens (tertiary/aromatic N) is 5. The molecule has 4 heterocycles. The molecular weight excluding hydrogens is 499 g/mol. The van der Waals surface area contributed by atoms with Crippen LogP contribution in [0.5, 0.6) is 5.75 Å². The molecule has 3 aliphatic heterocycles. The summed E-state index contributed by atoms with van der Waals surface area (Å²) in [6.45, 7) is 3.45. The first kappa shape index (κ1) is 26.8. The van der Waals surface area contributed by atoms with E-state index < -0.39 is 23.8 Å². The standard InChI is InChI=1S/C27H36F3N5O3/c1-26(27(28,29)30)18-34-24(36)15-23(33-16-21-9-10-22(17-33)38-21)31-25(34)35(26)13-11-19-5-7-20(8-6-19)37-14-4-12-32(2)3/h5-8,15,21-22H,4,9-14,16-18H2,1-3H3/t21-,22?,26?/m0/s1. The van der Waals surface area contributed by atoms with Gasteiger partial charge in [-0.05, 0) is 64.4 Å². The summed E-state index contributed by atoms with van der Waals surface area (Å²) in [6.07, 6.45) is -1.23. The highest BCUT2D eigenvalue weighted by Gasteiger charge is 2.59. The number of fused-ring (bicyclic) bond motifs is 3. The predicted octanol–water partition coefficient (Wildman–Crippen LogP) is 3.33. The van der Waals surface area contributed by atoms with Crippen molar-refractivity contribution in [3.8, 4) is 5.75 Å². The van der Waals surface area contributed by atoms with Gasteiger partial charge in [0.25, 0.3) is 5.56 Å². The molecule has 0 aliphatic carbocycles. The molecule has 11 heteroatoms. The summed E-state index contributed by atoms with van der Waals surface area (Å²) in [5, 5.41) is 0. The Morgan fingerprint density at radius 2 is 1.84 bits per heavy atom. The van der Waals surface area contributed by atoms with E-state index in [2.05, 4.69) is 9.88 Å². The van der Waals surface area contributed by atoms with Crippen LogP contribution in [0.1, 0.15) is 31.7 Å². The SMILES string of the molecule is CN(C)CCCOc1ccc(CCN2c3nc(N4CC5CC[C@@H](C4)O5)cc(=O)n3CC2(C)C(F)(F)F)cc1. The summed E-state index contributed by atoms with van der Waals surface area (Å²) in [5.74, 6) is 1.23. The van der Waals surface area contributed by atoms with Crippen molar-refractivity contribution < 1.29 is 22.6 Å². The van der Waals surface area contributed by atoms with Crippen LogP contribution in [0.2, 0.25) is 0 Å². The minimum absolute atomic E-state index is 0.0723. The van der Waals surface area contributed by atoms with Crippen LogP contribution in [0.4, 0.5) is 24.9 Å². The second-order valence-electron chi connectivity index (χ2n) is 11.0. The van der Waals surface area contributed by atoms with Gasteiger partial charge in [0.05, 0.1) is 25.4 Å². The second-order valence-corrected chi connectivity index (χ2v) is 11.0. The Labute approximate surface area is 220 Å². The Hall–Kier alpha value is -2.79. The fraction of sp³-hybridized carbons (Fsp3) is 0.630. The van der Waals surface area contributed by atoms with Gasteiger partial charge in [-0.3, -0.25) is 9.36 Å². The monoisotopic (exact) mass is 535 g/mol. The molecule has 38 heavy (non-hydrogen) atoms. The third kappa shape index (κ3) is 5.36. The van der Waals surface area contributed by atoms with E-state index in [0.717, 1.165) is 48.6 Å². The van der Waals surface area contributed by atoms with Crippen molar-refractivity contribution in [1.29, 1.82) is 0 Å². The number of aromatic nitrogens is 2. The first-order chi connectivity index (χ1) is 18.0. The number of hydrogen-bond acceptors (Lipinski definition) is 7. The van der Waals surface area contributed by atoms with Gasteiger partial charge in [-0.25, -0.2) is 0 Å². The number of morpholine rings is 1. The number of ether oxygens (including phenoxy) is 2. The molecule has 2 fully saturated rings. The van der Waals surface area contributed by atoms with Crippen LogP contribution in [-0.2, 0) is 17.7 Å². The summed E-state index contributed by atoms with van der Waals surface area (Å²) in [5.41, 5.74) is -1.81. The van der Waals surface area contributed by atoms with E-state index in [1.807, 2.05) is 43.3 Å². The Balaban J connectivity index is 1.34. The molecule has 0 N–H and O–H groups in total. The van der Waals surface area contributed by atoms with Crippen LogP contribution in [0, 0.1) is 0 Å². The Bertz CT molecular complexity index is 1170. The van der Waals surface area contributed by atoms with Gasteiger partial charge in [-0.1, -0.05) is 12.1 Å². The maximum Gasteiger partial charge on any atom is 0.413 e. The average Bonchev–Trinajstić information content (AvgIpc) is 3.36.